The standard InChI is InChI=1S/C16H26N4O/c1-5-9-17-13-10-18-15(11(3)4)19-14(13)16(21)20(6-2)12-7-8-12/h10-12,17H,5-9H2,1-4H3. The van der Waals surface area contributed by atoms with Crippen LogP contribution in [0.5, 0.6) is 0 Å². The van der Waals surface area contributed by atoms with E-state index >= 15 is 0 Å². The van der Waals surface area contributed by atoms with Crippen LogP contribution in [0.2, 0.25) is 0 Å². The molecule has 1 amide bonds. The van der Waals surface area contributed by atoms with E-state index in [4.69, 9.17) is 0 Å². The fourth-order valence-electron chi connectivity index (χ4n) is 2.32. The molecule has 21 heavy (non-hydrogen) atoms. The lowest BCUT2D eigenvalue weighted by Crippen LogP contribution is -2.34. The molecule has 0 unspecified atom stereocenters. The highest BCUT2D eigenvalue weighted by Gasteiger charge is 2.33. The predicted molar refractivity (Wildman–Crippen MR) is 84.6 cm³/mol. The second-order valence-corrected chi connectivity index (χ2v) is 5.89. The van der Waals surface area contributed by atoms with Crippen molar-refractivity contribution in [2.24, 2.45) is 0 Å². The van der Waals surface area contributed by atoms with E-state index in [1.807, 2.05) is 25.7 Å². The molecule has 0 spiro atoms. The normalized spacial score (nSPS) is 14.3. The Balaban J connectivity index is 2.31. The Morgan fingerprint density at radius 2 is 2.14 bits per heavy atom. The van der Waals surface area contributed by atoms with Crippen molar-refractivity contribution in [2.75, 3.05) is 18.4 Å². The smallest absolute Gasteiger partial charge is 0.274 e. The van der Waals surface area contributed by atoms with Crippen molar-refractivity contribution in [3.8, 4) is 0 Å². The van der Waals surface area contributed by atoms with Gasteiger partial charge in [-0.15, -0.1) is 0 Å². The zero-order valence-corrected chi connectivity index (χ0v) is 13.5. The Kier molecular flexibility index (Phi) is 5.15. The third-order valence-corrected chi connectivity index (χ3v) is 3.68. The van der Waals surface area contributed by atoms with Gasteiger partial charge in [-0.3, -0.25) is 4.79 Å². The van der Waals surface area contributed by atoms with Crippen LogP contribution >= 0.6 is 0 Å². The summed E-state index contributed by atoms with van der Waals surface area (Å²) in [6.07, 6.45) is 4.98. The van der Waals surface area contributed by atoms with Gasteiger partial charge in [0.1, 0.15) is 5.82 Å². The van der Waals surface area contributed by atoms with E-state index in [1.54, 1.807) is 6.20 Å². The van der Waals surface area contributed by atoms with Crippen LogP contribution in [0.1, 0.15) is 69.2 Å². The van der Waals surface area contributed by atoms with Crippen molar-refractivity contribution in [3.63, 3.8) is 0 Å². The van der Waals surface area contributed by atoms with Crippen molar-refractivity contribution >= 4 is 11.6 Å². The molecule has 5 nitrogen and oxygen atoms in total. The van der Waals surface area contributed by atoms with Gasteiger partial charge in [0.05, 0.1) is 11.9 Å². The van der Waals surface area contributed by atoms with Crippen LogP contribution in [-0.2, 0) is 0 Å². The quantitative estimate of drug-likeness (QED) is 0.838. The molecule has 0 atom stereocenters. The lowest BCUT2D eigenvalue weighted by molar-refractivity contribution is 0.0747. The summed E-state index contributed by atoms with van der Waals surface area (Å²) in [5, 5.41) is 3.28. The van der Waals surface area contributed by atoms with Crippen molar-refractivity contribution < 1.29 is 4.79 Å². The summed E-state index contributed by atoms with van der Waals surface area (Å²) in [5.41, 5.74) is 1.28. The van der Waals surface area contributed by atoms with Crippen molar-refractivity contribution in [2.45, 2.75) is 58.9 Å². The molecular formula is C16H26N4O. The average Bonchev–Trinajstić information content (AvgIpc) is 3.30. The maximum absolute atomic E-state index is 12.8. The van der Waals surface area contributed by atoms with Crippen LogP contribution in [0.25, 0.3) is 0 Å². The van der Waals surface area contributed by atoms with E-state index in [-0.39, 0.29) is 11.8 Å². The van der Waals surface area contributed by atoms with Gasteiger partial charge in [-0.1, -0.05) is 20.8 Å². The first-order valence-corrected chi connectivity index (χ1v) is 8.00. The highest BCUT2D eigenvalue weighted by molar-refractivity contribution is 5.97. The number of nitrogens with zero attached hydrogens (tertiary/aromatic N) is 3. The Hall–Kier alpha value is -1.65. The minimum atomic E-state index is 0.0305. The van der Waals surface area contributed by atoms with Gasteiger partial charge in [0, 0.05) is 25.0 Å². The fourth-order valence-corrected chi connectivity index (χ4v) is 2.32. The Morgan fingerprint density at radius 3 is 2.67 bits per heavy atom. The first-order chi connectivity index (χ1) is 10.1. The summed E-state index contributed by atoms with van der Waals surface area (Å²) >= 11 is 0. The number of anilines is 1. The summed E-state index contributed by atoms with van der Waals surface area (Å²) in [4.78, 5) is 23.7. The molecule has 1 heterocycles. The molecule has 1 aliphatic carbocycles. The molecule has 0 aromatic carbocycles. The molecule has 0 saturated heterocycles. The Morgan fingerprint density at radius 1 is 1.43 bits per heavy atom. The largest absolute Gasteiger partial charge is 0.382 e. The van der Waals surface area contributed by atoms with E-state index < -0.39 is 0 Å². The number of hydrogen-bond acceptors (Lipinski definition) is 4. The first kappa shape index (κ1) is 15.7. The van der Waals surface area contributed by atoms with Crippen molar-refractivity contribution in [1.29, 1.82) is 0 Å². The highest BCUT2D eigenvalue weighted by atomic mass is 16.2. The summed E-state index contributed by atoms with van der Waals surface area (Å²) in [6.45, 7) is 9.76. The number of hydrogen-bond donors (Lipinski definition) is 1. The number of carbonyl (C=O) groups is 1. The Bertz CT molecular complexity index is 497. The van der Waals surface area contributed by atoms with Crippen molar-refractivity contribution in [1.82, 2.24) is 14.9 Å². The van der Waals surface area contributed by atoms with E-state index in [0.29, 0.717) is 11.7 Å². The fraction of sp³-hybridized carbons (Fsp3) is 0.688. The van der Waals surface area contributed by atoms with E-state index in [0.717, 1.165) is 43.9 Å². The van der Waals surface area contributed by atoms with Gasteiger partial charge in [0.15, 0.2) is 5.69 Å². The van der Waals surface area contributed by atoms with Crippen LogP contribution in [0.4, 0.5) is 5.69 Å². The maximum atomic E-state index is 12.8. The number of aromatic nitrogens is 2. The second-order valence-electron chi connectivity index (χ2n) is 5.89. The molecule has 1 saturated carbocycles. The Labute approximate surface area is 127 Å². The molecule has 2 rings (SSSR count). The third kappa shape index (κ3) is 3.71. The van der Waals surface area contributed by atoms with Crippen molar-refractivity contribution in [3.05, 3.63) is 17.7 Å². The minimum absolute atomic E-state index is 0.0305. The molecule has 0 aliphatic heterocycles. The second kappa shape index (κ2) is 6.87. The summed E-state index contributed by atoms with van der Waals surface area (Å²) < 4.78 is 0. The monoisotopic (exact) mass is 290 g/mol. The number of nitrogens with one attached hydrogen (secondary N) is 1. The van der Waals surface area contributed by atoms with E-state index in [1.165, 1.54) is 0 Å². The van der Waals surface area contributed by atoms with Crippen LogP contribution < -0.4 is 5.32 Å². The van der Waals surface area contributed by atoms with Gasteiger partial charge in [-0.05, 0) is 26.2 Å². The van der Waals surface area contributed by atoms with Gasteiger partial charge in [-0.2, -0.15) is 0 Å². The number of rotatable bonds is 7. The van der Waals surface area contributed by atoms with Crippen LogP contribution in [0.15, 0.2) is 6.20 Å². The number of carbonyl (C=O) groups excluding carboxylic acids is 1. The molecule has 1 N–H and O–H groups in total. The lowest BCUT2D eigenvalue weighted by atomic mass is 10.2. The van der Waals surface area contributed by atoms with Gasteiger partial charge in [-0.25, -0.2) is 9.97 Å². The van der Waals surface area contributed by atoms with Gasteiger partial charge in [0.2, 0.25) is 0 Å². The van der Waals surface area contributed by atoms with Gasteiger partial charge >= 0.3 is 0 Å². The zero-order chi connectivity index (χ0) is 15.4. The highest BCUT2D eigenvalue weighted by Crippen LogP contribution is 2.29. The van der Waals surface area contributed by atoms with Gasteiger partial charge in [0.25, 0.3) is 5.91 Å². The lowest BCUT2D eigenvalue weighted by Gasteiger charge is -2.22. The molecule has 5 heteroatoms. The van der Waals surface area contributed by atoms with E-state index in [9.17, 15) is 4.79 Å². The number of amides is 1. The predicted octanol–water partition coefficient (Wildman–Crippen LogP) is 3.05. The van der Waals surface area contributed by atoms with Gasteiger partial charge < -0.3 is 10.2 Å². The maximum Gasteiger partial charge on any atom is 0.274 e. The summed E-state index contributed by atoms with van der Waals surface area (Å²) in [7, 11) is 0. The van der Waals surface area contributed by atoms with Crippen LogP contribution in [-0.4, -0.2) is 39.9 Å². The molecule has 0 bridgehead atoms. The molecular weight excluding hydrogens is 264 g/mol. The average molecular weight is 290 g/mol. The molecule has 1 aromatic heterocycles. The SMILES string of the molecule is CCCNc1cnc(C(C)C)nc1C(=O)N(CC)C1CC1. The molecule has 116 valence electrons. The first-order valence-electron chi connectivity index (χ1n) is 8.00. The summed E-state index contributed by atoms with van der Waals surface area (Å²) in [5.74, 6) is 0.975. The zero-order valence-electron chi connectivity index (χ0n) is 13.5. The minimum Gasteiger partial charge on any atom is -0.382 e. The molecule has 1 aliphatic rings. The molecule has 0 radical (unpaired) electrons. The third-order valence-electron chi connectivity index (χ3n) is 3.68. The topological polar surface area (TPSA) is 58.1 Å². The van der Waals surface area contributed by atoms with Crippen LogP contribution in [0, 0.1) is 0 Å². The summed E-state index contributed by atoms with van der Waals surface area (Å²) in [6, 6.07) is 0.402. The van der Waals surface area contributed by atoms with Crippen LogP contribution in [0.3, 0.4) is 0 Å². The van der Waals surface area contributed by atoms with E-state index in [2.05, 4.69) is 22.2 Å². The molecule has 1 aromatic rings. The molecule has 1 fully saturated rings.